The molecule has 2 rings (SSSR count). The number of H-pyrrole nitrogens is 1. The van der Waals surface area contributed by atoms with Crippen LogP contribution < -0.4 is 0 Å². The van der Waals surface area contributed by atoms with Crippen molar-refractivity contribution >= 4 is 11.0 Å². The minimum atomic E-state index is 0.980. The van der Waals surface area contributed by atoms with E-state index in [9.17, 15) is 0 Å². The van der Waals surface area contributed by atoms with E-state index >= 15 is 0 Å². The van der Waals surface area contributed by atoms with Crippen molar-refractivity contribution < 1.29 is 0 Å². The number of aromatic nitrogens is 2. The second-order valence-corrected chi connectivity index (χ2v) is 2.81. The Kier molecular flexibility index (Phi) is 1.22. The normalized spacial score (nSPS) is 10.7. The van der Waals surface area contributed by atoms with Gasteiger partial charge in [0.15, 0.2) is 0 Å². The van der Waals surface area contributed by atoms with E-state index < -0.39 is 0 Å². The molecule has 0 amide bonds. The molecule has 1 N–H and O–H groups in total. The lowest BCUT2D eigenvalue weighted by atomic mass is 10.1. The molecule has 11 heavy (non-hydrogen) atoms. The zero-order chi connectivity index (χ0) is 7.84. The summed E-state index contributed by atoms with van der Waals surface area (Å²) in [5.41, 5.74) is 3.54. The number of nitrogens with one attached hydrogen (secondary N) is 1. The van der Waals surface area contributed by atoms with Gasteiger partial charge >= 0.3 is 0 Å². The Balaban J connectivity index is 2.93. The Hall–Kier alpha value is -1.31. The van der Waals surface area contributed by atoms with Crippen molar-refractivity contribution in [3.8, 4) is 0 Å². The van der Waals surface area contributed by atoms with Gasteiger partial charge < -0.3 is 4.98 Å². The lowest BCUT2D eigenvalue weighted by Gasteiger charge is -1.98. The second kappa shape index (κ2) is 2.09. The van der Waals surface area contributed by atoms with E-state index in [-0.39, 0.29) is 0 Å². The van der Waals surface area contributed by atoms with Crippen molar-refractivity contribution in [3.63, 3.8) is 0 Å². The standard InChI is InChI=1S/C9H10N2/c1-6-5-11-9-8(7(6)2)3-4-10-9/h3-5H,1-2H3,(H,10,11). The van der Waals surface area contributed by atoms with E-state index in [1.165, 1.54) is 16.5 Å². The van der Waals surface area contributed by atoms with Gasteiger partial charge in [0.25, 0.3) is 0 Å². The quantitative estimate of drug-likeness (QED) is 0.606. The molecule has 2 aromatic heterocycles. The highest BCUT2D eigenvalue weighted by molar-refractivity contribution is 5.79. The van der Waals surface area contributed by atoms with E-state index in [0.29, 0.717) is 0 Å². The zero-order valence-corrected chi connectivity index (χ0v) is 6.68. The molecule has 0 saturated carbocycles. The van der Waals surface area contributed by atoms with E-state index in [4.69, 9.17) is 0 Å². The average molecular weight is 146 g/mol. The van der Waals surface area contributed by atoms with Crippen LogP contribution in [-0.2, 0) is 0 Å². The number of aromatic amines is 1. The lowest BCUT2D eigenvalue weighted by molar-refractivity contribution is 1.25. The molecule has 0 aliphatic carbocycles. The fourth-order valence-corrected chi connectivity index (χ4v) is 1.24. The summed E-state index contributed by atoms with van der Waals surface area (Å²) in [5, 5.41) is 1.23. The first-order chi connectivity index (χ1) is 5.29. The van der Waals surface area contributed by atoms with Crippen LogP contribution in [0.2, 0.25) is 0 Å². The van der Waals surface area contributed by atoms with E-state index in [0.717, 1.165) is 5.65 Å². The molecular formula is C9H10N2. The van der Waals surface area contributed by atoms with Gasteiger partial charge in [0.2, 0.25) is 0 Å². The highest BCUT2D eigenvalue weighted by Crippen LogP contribution is 2.16. The molecule has 0 bridgehead atoms. The van der Waals surface area contributed by atoms with Crippen LogP contribution in [0.3, 0.4) is 0 Å². The summed E-state index contributed by atoms with van der Waals surface area (Å²) in [5.74, 6) is 0. The van der Waals surface area contributed by atoms with Crippen molar-refractivity contribution in [3.05, 3.63) is 29.6 Å². The van der Waals surface area contributed by atoms with Crippen molar-refractivity contribution in [2.75, 3.05) is 0 Å². The third kappa shape index (κ3) is 0.827. The van der Waals surface area contributed by atoms with Crippen LogP contribution in [-0.4, -0.2) is 9.97 Å². The number of aryl methyl sites for hydroxylation is 2. The molecule has 0 unspecified atom stereocenters. The summed E-state index contributed by atoms with van der Waals surface area (Å²) in [6.07, 6.45) is 3.82. The predicted molar refractivity (Wildman–Crippen MR) is 45.6 cm³/mol. The number of hydrogen-bond acceptors (Lipinski definition) is 1. The molecule has 0 saturated heterocycles. The van der Waals surface area contributed by atoms with E-state index in [1.54, 1.807) is 0 Å². The molecule has 2 nitrogen and oxygen atoms in total. The van der Waals surface area contributed by atoms with Crippen LogP contribution >= 0.6 is 0 Å². The summed E-state index contributed by atoms with van der Waals surface area (Å²) in [4.78, 5) is 7.32. The number of fused-ring (bicyclic) bond motifs is 1. The minimum Gasteiger partial charge on any atom is -0.346 e. The lowest BCUT2D eigenvalue weighted by Crippen LogP contribution is -1.84. The maximum atomic E-state index is 4.25. The van der Waals surface area contributed by atoms with Gasteiger partial charge in [-0.3, -0.25) is 0 Å². The number of nitrogens with zero attached hydrogens (tertiary/aromatic N) is 1. The van der Waals surface area contributed by atoms with Crippen molar-refractivity contribution in [2.24, 2.45) is 0 Å². The van der Waals surface area contributed by atoms with E-state index in [1.807, 2.05) is 12.4 Å². The van der Waals surface area contributed by atoms with E-state index in [2.05, 4.69) is 29.9 Å². The summed E-state index contributed by atoms with van der Waals surface area (Å²) in [6.45, 7) is 4.20. The van der Waals surface area contributed by atoms with Gasteiger partial charge in [0, 0.05) is 17.8 Å². The van der Waals surface area contributed by atoms with Crippen LogP contribution in [0.25, 0.3) is 11.0 Å². The van der Waals surface area contributed by atoms with Gasteiger partial charge in [-0.05, 0) is 31.0 Å². The molecule has 0 radical (unpaired) electrons. The summed E-state index contributed by atoms with van der Waals surface area (Å²) >= 11 is 0. The smallest absolute Gasteiger partial charge is 0.137 e. The molecule has 0 fully saturated rings. The van der Waals surface area contributed by atoms with Gasteiger partial charge in [-0.25, -0.2) is 4.98 Å². The minimum absolute atomic E-state index is 0.980. The Labute approximate surface area is 65.3 Å². The first-order valence-corrected chi connectivity index (χ1v) is 3.68. The fraction of sp³-hybridized carbons (Fsp3) is 0.222. The molecular weight excluding hydrogens is 136 g/mol. The molecule has 0 aliphatic rings. The van der Waals surface area contributed by atoms with Crippen molar-refractivity contribution in [2.45, 2.75) is 13.8 Å². The van der Waals surface area contributed by atoms with Crippen LogP contribution in [0.5, 0.6) is 0 Å². The van der Waals surface area contributed by atoms with Crippen molar-refractivity contribution in [1.29, 1.82) is 0 Å². The number of rotatable bonds is 0. The fourth-order valence-electron chi connectivity index (χ4n) is 1.24. The third-order valence-electron chi connectivity index (χ3n) is 2.11. The maximum Gasteiger partial charge on any atom is 0.137 e. The highest BCUT2D eigenvalue weighted by atomic mass is 14.8. The monoisotopic (exact) mass is 146 g/mol. The zero-order valence-electron chi connectivity index (χ0n) is 6.68. The average Bonchev–Trinajstić information content (AvgIpc) is 2.45. The first kappa shape index (κ1) is 6.40. The molecule has 0 aliphatic heterocycles. The third-order valence-corrected chi connectivity index (χ3v) is 2.11. The molecule has 2 heterocycles. The Bertz CT molecular complexity index is 387. The summed E-state index contributed by atoms with van der Waals surface area (Å²) in [7, 11) is 0. The van der Waals surface area contributed by atoms with Gasteiger partial charge in [0.1, 0.15) is 5.65 Å². The molecule has 2 aromatic rings. The van der Waals surface area contributed by atoms with Crippen LogP contribution in [0.1, 0.15) is 11.1 Å². The molecule has 2 heteroatoms. The largest absolute Gasteiger partial charge is 0.346 e. The predicted octanol–water partition coefficient (Wildman–Crippen LogP) is 2.18. The molecule has 0 aromatic carbocycles. The topological polar surface area (TPSA) is 28.7 Å². The van der Waals surface area contributed by atoms with Crippen molar-refractivity contribution in [1.82, 2.24) is 9.97 Å². The SMILES string of the molecule is Cc1cnc2[nH]ccc2c1C. The van der Waals surface area contributed by atoms with Crippen LogP contribution in [0.4, 0.5) is 0 Å². The number of hydrogen-bond donors (Lipinski definition) is 1. The van der Waals surface area contributed by atoms with Crippen LogP contribution in [0.15, 0.2) is 18.5 Å². The first-order valence-electron chi connectivity index (χ1n) is 3.68. The second-order valence-electron chi connectivity index (χ2n) is 2.81. The maximum absolute atomic E-state index is 4.25. The molecule has 56 valence electrons. The number of pyridine rings is 1. The highest BCUT2D eigenvalue weighted by Gasteiger charge is 2.00. The summed E-state index contributed by atoms with van der Waals surface area (Å²) in [6, 6.07) is 2.06. The van der Waals surface area contributed by atoms with Gasteiger partial charge in [-0.15, -0.1) is 0 Å². The Morgan fingerprint density at radius 2 is 2.18 bits per heavy atom. The Morgan fingerprint density at radius 1 is 1.36 bits per heavy atom. The summed E-state index contributed by atoms with van der Waals surface area (Å²) < 4.78 is 0. The van der Waals surface area contributed by atoms with Gasteiger partial charge in [-0.1, -0.05) is 0 Å². The molecule has 0 atom stereocenters. The van der Waals surface area contributed by atoms with Gasteiger partial charge in [-0.2, -0.15) is 0 Å². The Morgan fingerprint density at radius 3 is 3.00 bits per heavy atom. The van der Waals surface area contributed by atoms with Gasteiger partial charge in [0.05, 0.1) is 0 Å². The van der Waals surface area contributed by atoms with Crippen LogP contribution in [0, 0.1) is 13.8 Å². The molecule has 0 spiro atoms.